The van der Waals surface area contributed by atoms with Gasteiger partial charge in [-0.25, -0.2) is 0 Å². The van der Waals surface area contributed by atoms with E-state index in [1.54, 1.807) is 6.92 Å². The Morgan fingerprint density at radius 3 is 2.27 bits per heavy atom. The van der Waals surface area contributed by atoms with E-state index in [9.17, 15) is 9.36 Å². The van der Waals surface area contributed by atoms with E-state index in [0.717, 1.165) is 0 Å². The molecule has 0 rings (SSSR count). The minimum absolute atomic E-state index is 0. The van der Waals surface area contributed by atoms with Crippen LogP contribution in [0, 0.1) is 41.7 Å². The Hall–Kier alpha value is 1.04. The molecular weight excluding hydrogens is 295 g/mol. The molecule has 1 atom stereocenters. The van der Waals surface area contributed by atoms with Crippen LogP contribution in [0.5, 0.6) is 0 Å². The average molecular weight is 306 g/mol. The van der Waals surface area contributed by atoms with Gasteiger partial charge >= 0.3 is 5.97 Å². The Bertz CT molecular complexity index is 170. The first-order chi connectivity index (χ1) is 4.48. The number of hydrogen-bond acceptors (Lipinski definition) is 2. The molecule has 0 aliphatic rings. The van der Waals surface area contributed by atoms with Crippen LogP contribution in [0.15, 0.2) is 0 Å². The summed E-state index contributed by atoms with van der Waals surface area (Å²) in [5, 5.41) is 8.14. The molecule has 0 aliphatic carbocycles. The molecular formula is C5H11CeO4P. The van der Waals surface area contributed by atoms with Gasteiger partial charge in [0.15, 0.2) is 0 Å². The predicted molar refractivity (Wildman–Crippen MR) is 37.5 cm³/mol. The molecule has 0 aromatic heterocycles. The van der Waals surface area contributed by atoms with Gasteiger partial charge in [0.25, 0.3) is 0 Å². The number of carbonyl (C=O) groups is 1. The largest absolute Gasteiger partial charge is 0.481 e. The molecule has 11 heavy (non-hydrogen) atoms. The topological polar surface area (TPSA) is 74.6 Å². The number of rotatable bonds is 4. The maximum absolute atomic E-state index is 10.8. The van der Waals surface area contributed by atoms with Gasteiger partial charge in [0.1, 0.15) is 0 Å². The van der Waals surface area contributed by atoms with Crippen molar-refractivity contribution in [1.29, 1.82) is 0 Å². The fourth-order valence-electron chi connectivity index (χ4n) is 0.428. The SMILES string of the molecule is CCP(=O)(O)CCC(=O)O.[Ce]. The Labute approximate surface area is 99.2 Å². The summed E-state index contributed by atoms with van der Waals surface area (Å²) in [5.74, 6) is -1.03. The van der Waals surface area contributed by atoms with Crippen LogP contribution in [0.3, 0.4) is 0 Å². The first kappa shape index (κ1) is 14.6. The molecule has 0 saturated carbocycles. The van der Waals surface area contributed by atoms with Gasteiger partial charge in [-0.05, 0) is 0 Å². The second-order valence-corrected chi connectivity index (χ2v) is 4.80. The van der Waals surface area contributed by atoms with E-state index < -0.39 is 13.3 Å². The minimum Gasteiger partial charge on any atom is -0.481 e. The van der Waals surface area contributed by atoms with Gasteiger partial charge < -0.3 is 10.00 Å². The Kier molecular flexibility index (Phi) is 8.66. The third-order valence-corrected chi connectivity index (χ3v) is 3.08. The second kappa shape index (κ2) is 6.54. The summed E-state index contributed by atoms with van der Waals surface area (Å²) >= 11 is 0. The van der Waals surface area contributed by atoms with Crippen LogP contribution in [0.2, 0.25) is 0 Å². The molecule has 0 saturated heterocycles. The summed E-state index contributed by atoms with van der Waals surface area (Å²) in [6.45, 7) is 1.57. The Morgan fingerprint density at radius 2 is 2.00 bits per heavy atom. The molecule has 0 bridgehead atoms. The summed E-state index contributed by atoms with van der Waals surface area (Å²) in [6, 6.07) is 0. The molecule has 0 radical (unpaired) electrons. The van der Waals surface area contributed by atoms with E-state index in [1.807, 2.05) is 0 Å². The van der Waals surface area contributed by atoms with Crippen molar-refractivity contribution in [3.8, 4) is 0 Å². The molecule has 0 amide bonds. The first-order valence-corrected chi connectivity index (χ1v) is 5.03. The van der Waals surface area contributed by atoms with E-state index in [1.165, 1.54) is 0 Å². The third kappa shape index (κ3) is 8.95. The van der Waals surface area contributed by atoms with Crippen LogP contribution < -0.4 is 0 Å². The summed E-state index contributed by atoms with van der Waals surface area (Å²) in [4.78, 5) is 18.8. The summed E-state index contributed by atoms with van der Waals surface area (Å²) in [6.07, 6.45) is -0.180. The molecule has 0 aliphatic heterocycles. The van der Waals surface area contributed by atoms with Crippen molar-refractivity contribution < 1.29 is 61.1 Å². The zero-order chi connectivity index (χ0) is 8.20. The van der Waals surface area contributed by atoms with Crippen molar-refractivity contribution in [3.05, 3.63) is 0 Å². The molecule has 0 heterocycles. The van der Waals surface area contributed by atoms with Crippen LogP contribution in [0.4, 0.5) is 0 Å². The molecule has 0 fully saturated rings. The van der Waals surface area contributed by atoms with Crippen LogP contribution in [-0.4, -0.2) is 28.3 Å². The van der Waals surface area contributed by atoms with E-state index in [0.29, 0.717) is 0 Å². The number of hydrogen-bond donors (Lipinski definition) is 2. The number of carboxylic acids is 1. The second-order valence-electron chi connectivity index (χ2n) is 2.03. The van der Waals surface area contributed by atoms with Gasteiger partial charge in [0.05, 0.1) is 6.42 Å². The Morgan fingerprint density at radius 1 is 1.55 bits per heavy atom. The Balaban J connectivity index is 0. The van der Waals surface area contributed by atoms with Gasteiger partial charge in [-0.15, -0.1) is 0 Å². The minimum atomic E-state index is -3.11. The van der Waals surface area contributed by atoms with Crippen molar-refractivity contribution in [3.63, 3.8) is 0 Å². The van der Waals surface area contributed by atoms with Crippen molar-refractivity contribution >= 4 is 13.3 Å². The quantitative estimate of drug-likeness (QED) is 0.752. The summed E-state index contributed by atoms with van der Waals surface area (Å²) in [5.41, 5.74) is 0. The average Bonchev–Trinajstić information content (AvgIpc) is 1.85. The normalized spacial score (nSPS) is 14.7. The predicted octanol–water partition coefficient (Wildman–Crippen LogP) is 0.751. The molecule has 6 heteroatoms. The summed E-state index contributed by atoms with van der Waals surface area (Å²) in [7, 11) is -3.11. The van der Waals surface area contributed by atoms with E-state index >= 15 is 0 Å². The molecule has 0 spiro atoms. The van der Waals surface area contributed by atoms with Gasteiger partial charge in [-0.3, -0.25) is 9.36 Å². The van der Waals surface area contributed by atoms with Crippen LogP contribution >= 0.6 is 7.37 Å². The molecule has 2 N–H and O–H groups in total. The smallest absolute Gasteiger partial charge is 0.303 e. The van der Waals surface area contributed by atoms with E-state index in [-0.39, 0.29) is 60.5 Å². The molecule has 1 unspecified atom stereocenters. The first-order valence-electron chi connectivity index (χ1n) is 3.00. The molecule has 4 nitrogen and oxygen atoms in total. The molecule has 0 aromatic carbocycles. The fraction of sp³-hybridized carbons (Fsp3) is 0.800. The third-order valence-electron chi connectivity index (χ3n) is 1.17. The van der Waals surface area contributed by atoms with Crippen molar-refractivity contribution in [2.45, 2.75) is 13.3 Å². The van der Waals surface area contributed by atoms with E-state index in [2.05, 4.69) is 0 Å². The maximum Gasteiger partial charge on any atom is 0.303 e. The zero-order valence-electron chi connectivity index (χ0n) is 6.28. The van der Waals surface area contributed by atoms with Crippen LogP contribution in [0.1, 0.15) is 13.3 Å². The van der Waals surface area contributed by atoms with Gasteiger partial charge in [0.2, 0.25) is 7.37 Å². The van der Waals surface area contributed by atoms with Gasteiger partial charge in [-0.2, -0.15) is 0 Å². The van der Waals surface area contributed by atoms with Crippen molar-refractivity contribution in [1.82, 2.24) is 0 Å². The van der Waals surface area contributed by atoms with Gasteiger partial charge in [-0.1, -0.05) is 6.92 Å². The van der Waals surface area contributed by atoms with Crippen molar-refractivity contribution in [2.75, 3.05) is 12.3 Å². The monoisotopic (exact) mass is 306 g/mol. The zero-order valence-corrected chi connectivity index (χ0v) is 10.3. The number of aliphatic carboxylic acids is 1. The summed E-state index contributed by atoms with van der Waals surface area (Å²) < 4.78 is 10.8. The van der Waals surface area contributed by atoms with Gasteiger partial charge in [0, 0.05) is 54.1 Å². The van der Waals surface area contributed by atoms with Crippen molar-refractivity contribution in [2.24, 2.45) is 0 Å². The van der Waals surface area contributed by atoms with E-state index in [4.69, 9.17) is 10.00 Å². The number of carboxylic acid groups (broad SMARTS) is 1. The maximum atomic E-state index is 10.8. The fourth-order valence-corrected chi connectivity index (χ4v) is 1.29. The van der Waals surface area contributed by atoms with Crippen LogP contribution in [0.25, 0.3) is 0 Å². The van der Waals surface area contributed by atoms with Crippen LogP contribution in [-0.2, 0) is 9.36 Å². The standard InChI is InChI=1S/C5H11O4P.Ce/c1-2-10(8,9)4-3-5(6)7;/h2-4H2,1H3,(H,6,7)(H,8,9);. The molecule has 64 valence electrons. The molecule has 0 aromatic rings.